The number of aliphatic hydroxyl groups is 1. The molecule has 1 rings (SSSR count). The molecule has 0 aliphatic heterocycles. The lowest BCUT2D eigenvalue weighted by molar-refractivity contribution is 0.0843. The third kappa shape index (κ3) is 4.08. The average Bonchev–Trinajstić information content (AvgIpc) is 2.71. The summed E-state index contributed by atoms with van der Waals surface area (Å²) in [5.74, 6) is -0.137. The normalized spacial score (nSPS) is 12.4. The van der Waals surface area contributed by atoms with E-state index in [-0.39, 0.29) is 18.6 Å². The molecule has 0 radical (unpaired) electrons. The van der Waals surface area contributed by atoms with Crippen LogP contribution in [0.1, 0.15) is 33.5 Å². The van der Waals surface area contributed by atoms with Crippen molar-refractivity contribution >= 4 is 17.2 Å². The summed E-state index contributed by atoms with van der Waals surface area (Å²) in [5.41, 5.74) is 1.24. The van der Waals surface area contributed by atoms with Crippen LogP contribution in [0.5, 0.6) is 0 Å². The van der Waals surface area contributed by atoms with Gasteiger partial charge in [-0.2, -0.15) is 0 Å². The van der Waals surface area contributed by atoms with E-state index in [4.69, 9.17) is 9.84 Å². The van der Waals surface area contributed by atoms with Crippen LogP contribution in [-0.4, -0.2) is 37.4 Å². The third-order valence-corrected chi connectivity index (χ3v) is 3.78. The van der Waals surface area contributed by atoms with Gasteiger partial charge in [0.05, 0.1) is 24.1 Å². The lowest BCUT2D eigenvalue weighted by atomic mass is 10.1. The van der Waals surface area contributed by atoms with Gasteiger partial charge in [-0.3, -0.25) is 4.79 Å². The first-order valence-corrected chi connectivity index (χ1v) is 6.94. The van der Waals surface area contributed by atoms with Crippen molar-refractivity contribution in [2.45, 2.75) is 32.7 Å². The van der Waals surface area contributed by atoms with E-state index < -0.39 is 0 Å². The van der Waals surface area contributed by atoms with Gasteiger partial charge in [0.15, 0.2) is 0 Å². The number of ether oxygens (including phenoxy) is 1. The van der Waals surface area contributed by atoms with Gasteiger partial charge < -0.3 is 15.2 Å². The Bertz CT molecular complexity index is 390. The number of nitrogens with one attached hydrogen (secondary N) is 1. The van der Waals surface area contributed by atoms with Crippen LogP contribution in [-0.2, 0) is 11.2 Å². The number of amides is 1. The average molecular weight is 271 g/mol. The summed E-state index contributed by atoms with van der Waals surface area (Å²) in [6.07, 6.45) is 2.07. The number of carbonyl (C=O) groups is 1. The molecule has 102 valence electrons. The second-order valence-corrected chi connectivity index (χ2v) is 5.51. The van der Waals surface area contributed by atoms with E-state index in [1.54, 1.807) is 7.11 Å². The summed E-state index contributed by atoms with van der Waals surface area (Å²) in [7, 11) is 1.55. The first-order chi connectivity index (χ1) is 8.62. The first kappa shape index (κ1) is 15.1. The Morgan fingerprint density at radius 1 is 1.61 bits per heavy atom. The molecular formula is C13H21NO3S. The Morgan fingerprint density at radius 3 is 2.89 bits per heavy atom. The predicted octanol–water partition coefficient (Wildman–Crippen LogP) is 1.75. The maximum Gasteiger partial charge on any atom is 0.261 e. The molecule has 0 fully saturated rings. The number of aliphatic hydroxyl groups excluding tert-OH is 1. The largest absolute Gasteiger partial charge is 0.394 e. The maximum absolute atomic E-state index is 12.0. The van der Waals surface area contributed by atoms with Crippen LogP contribution < -0.4 is 5.32 Å². The van der Waals surface area contributed by atoms with E-state index in [1.165, 1.54) is 21.8 Å². The van der Waals surface area contributed by atoms with E-state index >= 15 is 0 Å². The number of hydrogen-bond donors (Lipinski definition) is 2. The molecule has 0 aliphatic carbocycles. The first-order valence-electron chi connectivity index (χ1n) is 6.12. The number of carbonyl (C=O) groups excluding carboxylic acids is 1. The zero-order valence-electron chi connectivity index (χ0n) is 11.2. The van der Waals surface area contributed by atoms with Crippen molar-refractivity contribution in [3.8, 4) is 0 Å². The Balaban J connectivity index is 2.68. The molecule has 5 heteroatoms. The van der Waals surface area contributed by atoms with E-state index in [0.29, 0.717) is 11.5 Å². The molecule has 4 nitrogen and oxygen atoms in total. The van der Waals surface area contributed by atoms with Crippen LogP contribution in [0.3, 0.4) is 0 Å². The maximum atomic E-state index is 12.0. The van der Waals surface area contributed by atoms with Crippen LogP contribution in [0.15, 0.2) is 6.07 Å². The van der Waals surface area contributed by atoms with Gasteiger partial charge in [0.25, 0.3) is 5.91 Å². The van der Waals surface area contributed by atoms with E-state index in [9.17, 15) is 4.79 Å². The molecular weight excluding hydrogens is 250 g/mol. The minimum atomic E-state index is -0.348. The molecule has 1 aromatic heterocycles. The number of methoxy groups -OCH3 is 1. The molecule has 1 atom stereocenters. The summed E-state index contributed by atoms with van der Waals surface area (Å²) in [6, 6.07) is 1.60. The third-order valence-electron chi connectivity index (χ3n) is 2.69. The molecule has 0 spiro atoms. The van der Waals surface area contributed by atoms with Gasteiger partial charge in [-0.05, 0) is 25.0 Å². The van der Waals surface area contributed by atoms with E-state index in [0.717, 1.165) is 12.8 Å². The number of rotatable bonds is 7. The van der Waals surface area contributed by atoms with Crippen molar-refractivity contribution < 1.29 is 14.6 Å². The highest BCUT2D eigenvalue weighted by molar-refractivity contribution is 7.14. The lowest BCUT2D eigenvalue weighted by Crippen LogP contribution is -2.40. The standard InChI is InChI=1S/C13H21NO3S/c1-4-5-10-6-12(18-9(10)2)13(16)14-11(7-15)8-17-3/h6,11,15H,4-5,7-8H2,1-3H3,(H,14,16). The Hall–Kier alpha value is -0.910. The van der Waals surface area contributed by atoms with Gasteiger partial charge in [-0.15, -0.1) is 11.3 Å². The zero-order valence-corrected chi connectivity index (χ0v) is 12.0. The van der Waals surface area contributed by atoms with Crippen molar-refractivity contribution in [1.29, 1.82) is 0 Å². The summed E-state index contributed by atoms with van der Waals surface area (Å²) >= 11 is 1.50. The van der Waals surface area contributed by atoms with Gasteiger partial charge in [-0.25, -0.2) is 0 Å². The lowest BCUT2D eigenvalue weighted by Gasteiger charge is -2.14. The van der Waals surface area contributed by atoms with Crippen molar-refractivity contribution in [3.63, 3.8) is 0 Å². The fraction of sp³-hybridized carbons (Fsp3) is 0.615. The SMILES string of the molecule is CCCc1cc(C(=O)NC(CO)COC)sc1C. The minimum Gasteiger partial charge on any atom is -0.394 e. The Kier molecular flexibility index (Phi) is 6.32. The van der Waals surface area contributed by atoms with Gasteiger partial charge in [0.2, 0.25) is 0 Å². The highest BCUT2D eigenvalue weighted by Gasteiger charge is 2.16. The quantitative estimate of drug-likeness (QED) is 0.794. The number of aryl methyl sites for hydroxylation is 2. The monoisotopic (exact) mass is 271 g/mol. The molecule has 0 aromatic carbocycles. The molecule has 0 aliphatic rings. The van der Waals surface area contributed by atoms with Crippen molar-refractivity contribution in [2.75, 3.05) is 20.3 Å². The fourth-order valence-corrected chi connectivity index (χ4v) is 2.72. The molecule has 0 saturated heterocycles. The van der Waals surface area contributed by atoms with Gasteiger partial charge in [0, 0.05) is 12.0 Å². The molecule has 2 N–H and O–H groups in total. The molecule has 1 amide bonds. The molecule has 18 heavy (non-hydrogen) atoms. The van der Waals surface area contributed by atoms with Crippen LogP contribution in [0.4, 0.5) is 0 Å². The molecule has 1 heterocycles. The predicted molar refractivity (Wildman–Crippen MR) is 73.3 cm³/mol. The minimum absolute atomic E-state index is 0.119. The highest BCUT2D eigenvalue weighted by atomic mass is 32.1. The Labute approximate surface area is 112 Å². The van der Waals surface area contributed by atoms with E-state index in [1.807, 2.05) is 13.0 Å². The molecule has 1 aromatic rings. The number of hydrogen-bond acceptors (Lipinski definition) is 4. The highest BCUT2D eigenvalue weighted by Crippen LogP contribution is 2.22. The van der Waals surface area contributed by atoms with Crippen molar-refractivity contribution in [2.24, 2.45) is 0 Å². The van der Waals surface area contributed by atoms with Crippen molar-refractivity contribution in [1.82, 2.24) is 5.32 Å². The van der Waals surface area contributed by atoms with Crippen LogP contribution in [0, 0.1) is 6.92 Å². The smallest absolute Gasteiger partial charge is 0.261 e. The summed E-state index contributed by atoms with van der Waals surface area (Å²) in [6.45, 7) is 4.35. The second-order valence-electron chi connectivity index (χ2n) is 4.25. The second kappa shape index (κ2) is 7.51. The topological polar surface area (TPSA) is 58.6 Å². The number of thiophene rings is 1. The summed E-state index contributed by atoms with van der Waals surface area (Å²) in [5, 5.41) is 11.9. The summed E-state index contributed by atoms with van der Waals surface area (Å²) < 4.78 is 4.93. The van der Waals surface area contributed by atoms with Crippen LogP contribution >= 0.6 is 11.3 Å². The molecule has 0 bridgehead atoms. The van der Waals surface area contributed by atoms with Crippen LogP contribution in [0.2, 0.25) is 0 Å². The van der Waals surface area contributed by atoms with Gasteiger partial charge >= 0.3 is 0 Å². The van der Waals surface area contributed by atoms with Gasteiger partial charge in [0.1, 0.15) is 0 Å². The van der Waals surface area contributed by atoms with Crippen LogP contribution in [0.25, 0.3) is 0 Å². The van der Waals surface area contributed by atoms with Gasteiger partial charge in [-0.1, -0.05) is 13.3 Å². The van der Waals surface area contributed by atoms with Crippen molar-refractivity contribution in [3.05, 3.63) is 21.4 Å². The zero-order chi connectivity index (χ0) is 13.5. The Morgan fingerprint density at radius 2 is 2.33 bits per heavy atom. The molecule has 1 unspecified atom stereocenters. The summed E-state index contributed by atoms with van der Waals surface area (Å²) in [4.78, 5) is 13.9. The molecule has 0 saturated carbocycles. The fourth-order valence-electron chi connectivity index (χ4n) is 1.75. The van der Waals surface area contributed by atoms with E-state index in [2.05, 4.69) is 12.2 Å².